The van der Waals surface area contributed by atoms with Gasteiger partial charge in [0.05, 0.1) is 0 Å². The summed E-state index contributed by atoms with van der Waals surface area (Å²) in [5.41, 5.74) is 1.50. The van der Waals surface area contributed by atoms with Gasteiger partial charge in [-0.15, -0.1) is 0 Å². The van der Waals surface area contributed by atoms with E-state index in [1.165, 1.54) is 31.2 Å². The minimum absolute atomic E-state index is 0.244. The third-order valence-electron chi connectivity index (χ3n) is 5.02. The first kappa shape index (κ1) is 13.3. The molecule has 1 saturated carbocycles. The van der Waals surface area contributed by atoms with E-state index in [4.69, 9.17) is 9.47 Å². The topological polar surface area (TPSA) is 18.5 Å². The number of hydrogen-bond donors (Lipinski definition) is 0. The number of rotatable bonds is 1. The fraction of sp³-hybridized carbons (Fsp3) is 0.647. The Morgan fingerprint density at radius 1 is 1.00 bits per heavy atom. The molecule has 0 bridgehead atoms. The molecule has 1 aromatic carbocycles. The molecule has 108 valence electrons. The Kier molecular flexibility index (Phi) is 3.64. The molecule has 20 heavy (non-hydrogen) atoms. The zero-order valence-corrected chi connectivity index (χ0v) is 13.5. The Morgan fingerprint density at radius 3 is 2.55 bits per heavy atom. The van der Waals surface area contributed by atoms with Crippen LogP contribution < -0.4 is 0 Å². The summed E-state index contributed by atoms with van der Waals surface area (Å²) in [5, 5.41) is 0. The molecule has 4 rings (SSSR count). The van der Waals surface area contributed by atoms with Gasteiger partial charge in [-0.1, -0.05) is 0 Å². The van der Waals surface area contributed by atoms with Crippen LogP contribution in [0.25, 0.3) is 0 Å². The number of fused-ring (bicyclic) bond motifs is 2. The van der Waals surface area contributed by atoms with Crippen molar-refractivity contribution >= 4 is 15.0 Å². The van der Waals surface area contributed by atoms with Crippen LogP contribution in [-0.4, -0.2) is 34.0 Å². The van der Waals surface area contributed by atoms with Crippen molar-refractivity contribution in [3.63, 3.8) is 0 Å². The normalized spacial score (nSPS) is 35.9. The molecule has 1 aliphatic carbocycles. The van der Waals surface area contributed by atoms with Gasteiger partial charge in [0.2, 0.25) is 0 Å². The van der Waals surface area contributed by atoms with Gasteiger partial charge in [-0.25, -0.2) is 0 Å². The fourth-order valence-electron chi connectivity index (χ4n) is 4.10. The zero-order valence-electron chi connectivity index (χ0n) is 11.8. The number of benzene rings is 1. The van der Waals surface area contributed by atoms with E-state index in [-0.39, 0.29) is 5.79 Å². The van der Waals surface area contributed by atoms with Crippen LogP contribution in [-0.2, 0) is 9.47 Å². The summed E-state index contributed by atoms with van der Waals surface area (Å²) in [6, 6.07) is 11.0. The Hall–Kier alpha value is -0.341. The number of hydrogen-bond acceptors (Lipinski definition) is 2. The van der Waals surface area contributed by atoms with Gasteiger partial charge >= 0.3 is 127 Å². The summed E-state index contributed by atoms with van der Waals surface area (Å²) >= 11 is 0.688. The summed E-state index contributed by atoms with van der Waals surface area (Å²) in [4.78, 5) is 1.52. The Bertz CT molecular complexity index is 455. The molecule has 0 aromatic heterocycles. The molecule has 3 fully saturated rings. The first-order valence-electron chi connectivity index (χ1n) is 7.86. The van der Waals surface area contributed by atoms with Gasteiger partial charge < -0.3 is 0 Å². The Morgan fingerprint density at radius 2 is 1.75 bits per heavy atom. The van der Waals surface area contributed by atoms with Crippen molar-refractivity contribution < 1.29 is 9.47 Å². The van der Waals surface area contributed by atoms with E-state index < -0.39 is 0 Å². The first-order chi connectivity index (χ1) is 9.87. The molecule has 0 unspecified atom stereocenters. The van der Waals surface area contributed by atoms with Gasteiger partial charge in [-0.2, -0.15) is 0 Å². The predicted octanol–water partition coefficient (Wildman–Crippen LogP) is 3.56. The van der Waals surface area contributed by atoms with Crippen molar-refractivity contribution in [2.75, 3.05) is 13.2 Å². The average molecular weight is 337 g/mol. The first-order valence-corrected chi connectivity index (χ1v) is 9.83. The monoisotopic (exact) mass is 338 g/mol. The van der Waals surface area contributed by atoms with Gasteiger partial charge in [0, 0.05) is 0 Å². The van der Waals surface area contributed by atoms with Crippen molar-refractivity contribution in [1.82, 2.24) is 0 Å². The molecular weight excluding hydrogens is 315 g/mol. The van der Waals surface area contributed by atoms with E-state index in [0.29, 0.717) is 25.7 Å². The van der Waals surface area contributed by atoms with Crippen molar-refractivity contribution in [3.05, 3.63) is 35.9 Å². The maximum atomic E-state index is 6.19. The molecule has 3 aliphatic rings. The third kappa shape index (κ3) is 2.25. The molecule has 2 aliphatic heterocycles. The van der Waals surface area contributed by atoms with E-state index in [1.54, 1.807) is 0 Å². The van der Waals surface area contributed by atoms with Crippen molar-refractivity contribution in [2.45, 2.75) is 47.5 Å². The SMILES string of the molecule is c1ccc([C@H]2CC3(OCCO3)[C@@H]3CCCC[C@@H]3[Se]2)cc1. The van der Waals surface area contributed by atoms with E-state index in [2.05, 4.69) is 30.3 Å². The molecule has 2 heterocycles. The summed E-state index contributed by atoms with van der Waals surface area (Å²) in [6.45, 7) is 1.58. The van der Waals surface area contributed by atoms with E-state index in [1.807, 2.05) is 0 Å². The second kappa shape index (κ2) is 5.46. The van der Waals surface area contributed by atoms with Crippen LogP contribution in [0.4, 0.5) is 0 Å². The summed E-state index contributed by atoms with van der Waals surface area (Å²) in [5.74, 6) is 0.421. The van der Waals surface area contributed by atoms with Gasteiger partial charge in [0.1, 0.15) is 0 Å². The molecule has 2 saturated heterocycles. The molecule has 3 atom stereocenters. The van der Waals surface area contributed by atoms with Gasteiger partial charge in [-0.3, -0.25) is 0 Å². The molecular formula is C17H22O2Se. The van der Waals surface area contributed by atoms with Crippen molar-refractivity contribution in [1.29, 1.82) is 0 Å². The van der Waals surface area contributed by atoms with Crippen LogP contribution in [0, 0.1) is 5.92 Å². The Labute approximate surface area is 127 Å². The second-order valence-corrected chi connectivity index (χ2v) is 9.21. The number of ether oxygens (including phenoxy) is 2. The van der Waals surface area contributed by atoms with Crippen LogP contribution in [0.5, 0.6) is 0 Å². The minimum atomic E-state index is -0.244. The third-order valence-corrected chi connectivity index (χ3v) is 8.55. The second-order valence-electron chi connectivity index (χ2n) is 6.18. The van der Waals surface area contributed by atoms with Crippen LogP contribution in [0.2, 0.25) is 4.82 Å². The zero-order chi connectivity index (χ0) is 13.4. The molecule has 1 aromatic rings. The predicted molar refractivity (Wildman–Crippen MR) is 79.9 cm³/mol. The molecule has 1 spiro atoms. The van der Waals surface area contributed by atoms with E-state index in [0.717, 1.165) is 24.5 Å². The van der Waals surface area contributed by atoms with Gasteiger partial charge in [-0.05, 0) is 0 Å². The van der Waals surface area contributed by atoms with Crippen LogP contribution in [0.3, 0.4) is 0 Å². The standard InChI is InChI=1S/C17H22O2Se/c1-2-6-13(7-3-1)16-12-17(18-10-11-19-17)14-8-4-5-9-15(14)20-16/h1-3,6-7,14-16H,4-5,8-12H2/t14-,15+,16-/m1/s1. The van der Waals surface area contributed by atoms with Crippen LogP contribution >= 0.6 is 0 Å². The van der Waals surface area contributed by atoms with Crippen LogP contribution in [0.15, 0.2) is 30.3 Å². The maximum absolute atomic E-state index is 6.19. The average Bonchev–Trinajstić information content (AvgIpc) is 2.97. The molecule has 0 N–H and O–H groups in total. The molecule has 0 amide bonds. The quantitative estimate of drug-likeness (QED) is 0.730. The fourth-order valence-corrected chi connectivity index (χ4v) is 8.09. The van der Waals surface area contributed by atoms with Crippen molar-refractivity contribution in [3.8, 4) is 0 Å². The van der Waals surface area contributed by atoms with Gasteiger partial charge in [0.15, 0.2) is 0 Å². The summed E-state index contributed by atoms with van der Waals surface area (Å²) < 4.78 is 12.4. The molecule has 0 radical (unpaired) electrons. The van der Waals surface area contributed by atoms with Gasteiger partial charge in [0.25, 0.3) is 0 Å². The molecule has 3 heteroatoms. The van der Waals surface area contributed by atoms with E-state index >= 15 is 0 Å². The van der Waals surface area contributed by atoms with Crippen molar-refractivity contribution in [2.24, 2.45) is 5.92 Å². The Balaban J connectivity index is 1.64. The van der Waals surface area contributed by atoms with Crippen LogP contribution in [0.1, 0.15) is 42.5 Å². The van der Waals surface area contributed by atoms with E-state index in [9.17, 15) is 0 Å². The molecule has 2 nitrogen and oxygen atoms in total. The summed E-state index contributed by atoms with van der Waals surface area (Å²) in [6.07, 6.45) is 6.55. The summed E-state index contributed by atoms with van der Waals surface area (Å²) in [7, 11) is 0.